The molecule has 8 heteroatoms. The maximum absolute atomic E-state index is 11.7. The van der Waals surface area contributed by atoms with Gasteiger partial charge >= 0.3 is 11.6 Å². The van der Waals surface area contributed by atoms with Crippen molar-refractivity contribution < 1.29 is 9.15 Å². The lowest BCUT2D eigenvalue weighted by atomic mass is 10.1. The Kier molecular flexibility index (Phi) is 5.19. The molecule has 0 saturated heterocycles. The summed E-state index contributed by atoms with van der Waals surface area (Å²) in [7, 11) is 0. The summed E-state index contributed by atoms with van der Waals surface area (Å²) in [6.07, 6.45) is 0. The maximum atomic E-state index is 11.7. The Balaban J connectivity index is 1.58. The van der Waals surface area contributed by atoms with Crippen LogP contribution in [0.3, 0.4) is 0 Å². The number of para-hydroxylation sites is 2. The molecule has 2 aromatic heterocycles. The second-order valence-corrected chi connectivity index (χ2v) is 6.98. The summed E-state index contributed by atoms with van der Waals surface area (Å²) in [6.45, 7) is 0. The normalized spacial score (nSPS) is 10.5. The van der Waals surface area contributed by atoms with E-state index in [2.05, 4.69) is 26.3 Å². The smallest absolute Gasteiger partial charge is 0.336 e. The summed E-state index contributed by atoms with van der Waals surface area (Å²) in [5.74, 6) is 0.921. The summed E-state index contributed by atoms with van der Waals surface area (Å²) >= 11 is 0. The van der Waals surface area contributed by atoms with Crippen molar-refractivity contribution in [3.63, 3.8) is 0 Å². The van der Waals surface area contributed by atoms with Crippen molar-refractivity contribution in [2.75, 3.05) is 5.32 Å². The minimum Gasteiger partial charge on any atom is -0.420 e. The minimum absolute atomic E-state index is 0.0155. The van der Waals surface area contributed by atoms with Crippen LogP contribution in [0, 0.1) is 11.3 Å². The van der Waals surface area contributed by atoms with Gasteiger partial charge in [-0.2, -0.15) is 20.2 Å². The molecule has 5 aromatic rings. The number of rotatable bonds is 5. The molecule has 2 heterocycles. The molecule has 0 aliphatic carbocycles. The first-order chi connectivity index (χ1) is 16.2. The van der Waals surface area contributed by atoms with E-state index < -0.39 is 5.63 Å². The molecule has 8 nitrogen and oxygen atoms in total. The third-order valence-electron chi connectivity index (χ3n) is 4.73. The topological polar surface area (TPSA) is 114 Å². The van der Waals surface area contributed by atoms with Crippen LogP contribution >= 0.6 is 0 Å². The largest absolute Gasteiger partial charge is 0.420 e. The Labute approximate surface area is 187 Å². The molecule has 3 aromatic carbocycles. The Hall–Kier alpha value is -5.03. The Morgan fingerprint density at radius 2 is 1.67 bits per heavy atom. The van der Waals surface area contributed by atoms with E-state index >= 15 is 0 Å². The first kappa shape index (κ1) is 19.9. The van der Waals surface area contributed by atoms with Crippen molar-refractivity contribution in [1.29, 1.82) is 5.26 Å². The van der Waals surface area contributed by atoms with Crippen molar-refractivity contribution in [2.45, 2.75) is 0 Å². The van der Waals surface area contributed by atoms with Crippen molar-refractivity contribution in [1.82, 2.24) is 15.0 Å². The van der Waals surface area contributed by atoms with Gasteiger partial charge in [-0.1, -0.05) is 30.3 Å². The van der Waals surface area contributed by atoms with Gasteiger partial charge in [0.1, 0.15) is 0 Å². The summed E-state index contributed by atoms with van der Waals surface area (Å²) in [4.78, 5) is 25.1. The van der Waals surface area contributed by atoms with Gasteiger partial charge < -0.3 is 14.5 Å². The highest BCUT2D eigenvalue weighted by Crippen LogP contribution is 2.29. The maximum Gasteiger partial charge on any atom is 0.336 e. The average molecular weight is 433 g/mol. The van der Waals surface area contributed by atoms with Crippen LogP contribution in [0.2, 0.25) is 0 Å². The molecule has 0 amide bonds. The molecular formula is C25H15N5O3. The van der Waals surface area contributed by atoms with E-state index in [1.807, 2.05) is 36.4 Å². The number of nitriles is 1. The fraction of sp³-hybridized carbons (Fsp3) is 0. The molecule has 1 N–H and O–H groups in total. The van der Waals surface area contributed by atoms with Crippen LogP contribution in [-0.2, 0) is 0 Å². The Bertz CT molecular complexity index is 1540. The molecule has 158 valence electrons. The lowest BCUT2D eigenvalue weighted by Crippen LogP contribution is -2.04. The van der Waals surface area contributed by atoms with E-state index in [1.165, 1.54) is 6.07 Å². The van der Waals surface area contributed by atoms with Crippen LogP contribution in [-0.4, -0.2) is 15.0 Å². The van der Waals surface area contributed by atoms with Crippen LogP contribution < -0.4 is 15.7 Å². The molecule has 0 spiro atoms. The zero-order chi connectivity index (χ0) is 22.6. The first-order valence-electron chi connectivity index (χ1n) is 9.97. The summed E-state index contributed by atoms with van der Waals surface area (Å²) in [5.41, 5.74) is 1.80. The van der Waals surface area contributed by atoms with Crippen LogP contribution in [0.1, 0.15) is 5.56 Å². The van der Waals surface area contributed by atoms with Crippen LogP contribution in [0.15, 0.2) is 94.1 Å². The molecule has 0 saturated carbocycles. The predicted molar refractivity (Wildman–Crippen MR) is 122 cm³/mol. The van der Waals surface area contributed by atoms with Gasteiger partial charge in [-0.15, -0.1) is 0 Å². The van der Waals surface area contributed by atoms with Gasteiger partial charge in [0.05, 0.1) is 11.6 Å². The number of hydrogen-bond acceptors (Lipinski definition) is 8. The zero-order valence-electron chi connectivity index (χ0n) is 17.1. The molecule has 0 atom stereocenters. The molecular weight excluding hydrogens is 418 g/mol. The Morgan fingerprint density at radius 3 is 2.45 bits per heavy atom. The van der Waals surface area contributed by atoms with Gasteiger partial charge in [0, 0.05) is 22.7 Å². The molecule has 5 rings (SSSR count). The molecule has 0 aliphatic heterocycles. The van der Waals surface area contributed by atoms with Gasteiger partial charge in [0.2, 0.25) is 5.95 Å². The molecule has 33 heavy (non-hydrogen) atoms. The average Bonchev–Trinajstić information content (AvgIpc) is 2.85. The third-order valence-corrected chi connectivity index (χ3v) is 4.73. The van der Waals surface area contributed by atoms with E-state index in [4.69, 9.17) is 14.4 Å². The highest BCUT2D eigenvalue weighted by atomic mass is 16.5. The molecule has 0 aliphatic rings. The summed E-state index contributed by atoms with van der Waals surface area (Å²) in [5, 5.41) is 12.9. The second kappa shape index (κ2) is 8.61. The van der Waals surface area contributed by atoms with Gasteiger partial charge in [-0.25, -0.2) is 4.79 Å². The van der Waals surface area contributed by atoms with Gasteiger partial charge in [-0.3, -0.25) is 0 Å². The van der Waals surface area contributed by atoms with Crippen molar-refractivity contribution in [3.8, 4) is 29.2 Å². The second-order valence-electron chi connectivity index (χ2n) is 6.98. The summed E-state index contributed by atoms with van der Waals surface area (Å²) < 4.78 is 11.3. The number of nitrogens with one attached hydrogen (secondary N) is 1. The van der Waals surface area contributed by atoms with E-state index in [9.17, 15) is 4.79 Å². The zero-order valence-corrected chi connectivity index (χ0v) is 17.1. The highest BCUT2D eigenvalue weighted by Gasteiger charge is 2.14. The minimum atomic E-state index is -0.487. The van der Waals surface area contributed by atoms with E-state index in [1.54, 1.807) is 42.5 Å². The fourth-order valence-corrected chi connectivity index (χ4v) is 3.18. The fourth-order valence-electron chi connectivity index (χ4n) is 3.18. The van der Waals surface area contributed by atoms with Crippen molar-refractivity contribution in [3.05, 3.63) is 101 Å². The van der Waals surface area contributed by atoms with Gasteiger partial charge in [0.15, 0.2) is 17.2 Å². The lowest BCUT2D eigenvalue weighted by Gasteiger charge is -2.10. The van der Waals surface area contributed by atoms with Crippen LogP contribution in [0.4, 0.5) is 11.6 Å². The number of ether oxygens (including phenoxy) is 1. The van der Waals surface area contributed by atoms with E-state index in [0.29, 0.717) is 33.7 Å². The third kappa shape index (κ3) is 4.38. The number of aromatic nitrogens is 3. The molecule has 0 radical (unpaired) electrons. The number of hydrogen-bond donors (Lipinski definition) is 1. The Morgan fingerprint density at radius 1 is 0.848 bits per heavy atom. The lowest BCUT2D eigenvalue weighted by molar-refractivity contribution is 0.431. The van der Waals surface area contributed by atoms with Crippen molar-refractivity contribution >= 4 is 22.6 Å². The van der Waals surface area contributed by atoms with Crippen LogP contribution in [0.5, 0.6) is 11.8 Å². The predicted octanol–water partition coefficient (Wildman–Crippen LogP) is 5.05. The highest BCUT2D eigenvalue weighted by molar-refractivity contribution is 5.82. The van der Waals surface area contributed by atoms with E-state index in [0.717, 1.165) is 5.69 Å². The standard InChI is InChI=1S/C25H15N5O3/c26-15-16-9-11-18(12-10-16)23-28-24(27-19-6-2-1-3-7-19)30-25(29-23)32-20-8-4-5-17-13-14-21(31)33-22(17)20/h1-14H,(H,27,28,29,30). The molecule has 0 fully saturated rings. The number of benzene rings is 3. The quantitative estimate of drug-likeness (QED) is 0.383. The summed E-state index contributed by atoms with van der Waals surface area (Å²) in [6, 6.07) is 26.7. The van der Waals surface area contributed by atoms with Crippen molar-refractivity contribution in [2.24, 2.45) is 0 Å². The first-order valence-corrected chi connectivity index (χ1v) is 9.97. The van der Waals surface area contributed by atoms with Gasteiger partial charge in [-0.05, 0) is 48.5 Å². The number of anilines is 2. The number of nitrogens with zero attached hydrogens (tertiary/aromatic N) is 4. The molecule has 0 bridgehead atoms. The van der Waals surface area contributed by atoms with Crippen LogP contribution in [0.25, 0.3) is 22.4 Å². The van der Waals surface area contributed by atoms with E-state index in [-0.39, 0.29) is 12.0 Å². The monoisotopic (exact) mass is 433 g/mol. The van der Waals surface area contributed by atoms with Gasteiger partial charge in [0.25, 0.3) is 0 Å². The number of fused-ring (bicyclic) bond motifs is 1. The SMILES string of the molecule is N#Cc1ccc(-c2nc(Nc3ccccc3)nc(Oc3cccc4ccc(=O)oc34)n2)cc1. The molecule has 0 unspecified atom stereocenters.